The minimum Gasteiger partial charge on any atom is -0.465 e. The highest BCUT2D eigenvalue weighted by molar-refractivity contribution is 7.99. The number of aromatic nitrogens is 3. The summed E-state index contributed by atoms with van der Waals surface area (Å²) < 4.78 is 6.74. The largest absolute Gasteiger partial charge is 0.465 e. The fourth-order valence-corrected chi connectivity index (χ4v) is 5.25. The molecule has 0 atom stereocenters. The molecule has 0 fully saturated rings. The topological polar surface area (TPSA) is 129 Å². The molecule has 0 saturated carbocycles. The first kappa shape index (κ1) is 25.4. The molecular weight excluding hydrogens is 474 g/mol. The molecule has 0 aliphatic carbocycles. The van der Waals surface area contributed by atoms with Gasteiger partial charge in [0.15, 0.2) is 11.0 Å². The number of amides is 2. The molecule has 9 nitrogen and oxygen atoms in total. The molecule has 3 aromatic rings. The highest BCUT2D eigenvalue weighted by Crippen LogP contribution is 2.34. The van der Waals surface area contributed by atoms with Gasteiger partial charge in [-0.1, -0.05) is 49.9 Å². The van der Waals surface area contributed by atoms with Crippen LogP contribution in [0.5, 0.6) is 0 Å². The van der Waals surface area contributed by atoms with E-state index in [2.05, 4.69) is 41.5 Å². The van der Waals surface area contributed by atoms with E-state index in [1.807, 2.05) is 23.6 Å². The molecule has 0 spiro atoms. The second kappa shape index (κ2) is 10.8. The molecule has 0 saturated heterocycles. The van der Waals surface area contributed by atoms with Crippen LogP contribution in [-0.4, -0.2) is 45.4 Å². The minimum atomic E-state index is -0.674. The summed E-state index contributed by atoms with van der Waals surface area (Å²) in [5, 5.41) is 12.1. The quantitative estimate of drug-likeness (QED) is 0.334. The molecule has 180 valence electrons. The van der Waals surface area contributed by atoms with Gasteiger partial charge in [-0.2, -0.15) is 0 Å². The van der Waals surface area contributed by atoms with Gasteiger partial charge in [-0.25, -0.2) is 4.79 Å². The maximum absolute atomic E-state index is 12.7. The van der Waals surface area contributed by atoms with Gasteiger partial charge in [0.25, 0.3) is 5.91 Å². The average molecular weight is 502 g/mol. The molecule has 11 heteroatoms. The van der Waals surface area contributed by atoms with Gasteiger partial charge in [0, 0.05) is 12.1 Å². The van der Waals surface area contributed by atoms with E-state index in [4.69, 9.17) is 10.5 Å². The van der Waals surface area contributed by atoms with E-state index in [0.717, 1.165) is 22.7 Å². The van der Waals surface area contributed by atoms with Gasteiger partial charge >= 0.3 is 5.97 Å². The Hall–Kier alpha value is -3.18. The molecular formula is C23H27N5O4S2. The Morgan fingerprint density at radius 2 is 1.88 bits per heavy atom. The van der Waals surface area contributed by atoms with Crippen LogP contribution in [0, 0.1) is 6.92 Å². The average Bonchev–Trinajstić information content (AvgIpc) is 3.37. The zero-order valence-electron chi connectivity index (χ0n) is 19.7. The summed E-state index contributed by atoms with van der Waals surface area (Å²) in [4.78, 5) is 36.7. The Morgan fingerprint density at radius 1 is 1.21 bits per heavy atom. The van der Waals surface area contributed by atoms with Crippen LogP contribution >= 0.6 is 23.1 Å². The van der Waals surface area contributed by atoms with Gasteiger partial charge in [0.1, 0.15) is 5.00 Å². The summed E-state index contributed by atoms with van der Waals surface area (Å²) in [5.41, 5.74) is 8.10. The molecule has 0 bridgehead atoms. The van der Waals surface area contributed by atoms with Crippen molar-refractivity contribution < 1.29 is 19.1 Å². The number of benzene rings is 1. The van der Waals surface area contributed by atoms with E-state index < -0.39 is 11.9 Å². The minimum absolute atomic E-state index is 0.0356. The number of rotatable bonds is 9. The van der Waals surface area contributed by atoms with Crippen LogP contribution in [-0.2, 0) is 16.1 Å². The van der Waals surface area contributed by atoms with Gasteiger partial charge in [0.2, 0.25) is 5.91 Å². The number of nitrogens with one attached hydrogen (secondary N) is 1. The predicted octanol–water partition coefficient (Wildman–Crippen LogP) is 4.07. The van der Waals surface area contributed by atoms with Gasteiger partial charge in [-0.05, 0) is 30.9 Å². The first-order valence-corrected chi connectivity index (χ1v) is 12.5. The summed E-state index contributed by atoms with van der Waals surface area (Å²) >= 11 is 2.18. The lowest BCUT2D eigenvalue weighted by atomic mass is 10.0. The number of nitrogens with two attached hydrogens (primary N) is 1. The predicted molar refractivity (Wildman–Crippen MR) is 133 cm³/mol. The Morgan fingerprint density at radius 3 is 2.44 bits per heavy atom. The molecule has 2 heterocycles. The SMILES string of the molecule is CCn1c(SCC(=O)Nc2sc(C(N)=O)c(C)c2C(=O)OC)nnc1-c1ccc(C(C)C)cc1. The summed E-state index contributed by atoms with van der Waals surface area (Å²) in [5.74, 6) is -0.479. The zero-order chi connectivity index (χ0) is 25.0. The van der Waals surface area contributed by atoms with Crippen LogP contribution in [0.4, 0.5) is 5.00 Å². The number of thioether (sulfide) groups is 1. The lowest BCUT2D eigenvalue weighted by Gasteiger charge is -2.09. The van der Waals surface area contributed by atoms with E-state index in [9.17, 15) is 14.4 Å². The summed E-state index contributed by atoms with van der Waals surface area (Å²) in [6.45, 7) is 8.50. The van der Waals surface area contributed by atoms with Crippen molar-refractivity contribution in [3.63, 3.8) is 0 Å². The number of nitrogens with zero attached hydrogens (tertiary/aromatic N) is 3. The molecule has 3 N–H and O–H groups in total. The summed E-state index contributed by atoms with van der Waals surface area (Å²) in [6.07, 6.45) is 0. The molecule has 0 aliphatic rings. The smallest absolute Gasteiger partial charge is 0.341 e. The second-order valence-electron chi connectivity index (χ2n) is 7.78. The third-order valence-corrected chi connectivity index (χ3v) is 7.40. The van der Waals surface area contributed by atoms with Gasteiger partial charge in [-0.3, -0.25) is 9.59 Å². The highest BCUT2D eigenvalue weighted by Gasteiger charge is 2.25. The fraction of sp³-hybridized carbons (Fsp3) is 0.348. The molecule has 34 heavy (non-hydrogen) atoms. The van der Waals surface area contributed by atoms with Crippen LogP contribution in [0.3, 0.4) is 0 Å². The number of ether oxygens (including phenoxy) is 1. The third kappa shape index (κ3) is 5.31. The maximum Gasteiger partial charge on any atom is 0.341 e. The van der Waals surface area contributed by atoms with Gasteiger partial charge in [0.05, 0.1) is 23.3 Å². The van der Waals surface area contributed by atoms with Crippen LogP contribution in [0.25, 0.3) is 11.4 Å². The first-order valence-electron chi connectivity index (χ1n) is 10.7. The summed E-state index contributed by atoms with van der Waals surface area (Å²) in [6, 6.07) is 8.21. The fourth-order valence-electron chi connectivity index (χ4n) is 3.39. The molecule has 3 rings (SSSR count). The van der Waals surface area contributed by atoms with Gasteiger partial charge in [-0.15, -0.1) is 21.5 Å². The number of carbonyl (C=O) groups is 3. The standard InChI is InChI=1S/C23H27N5O4S2/c1-6-28-20(15-9-7-14(8-10-15)12(2)3)26-27-23(28)33-11-16(29)25-21-17(22(31)32-5)13(4)18(34-21)19(24)30/h7-10,12H,6,11H2,1-5H3,(H2,24,30)(H,25,29). The zero-order valence-corrected chi connectivity index (χ0v) is 21.3. The van der Waals surface area contributed by atoms with Crippen molar-refractivity contribution in [1.29, 1.82) is 0 Å². The molecule has 0 unspecified atom stereocenters. The van der Waals surface area contributed by atoms with E-state index in [1.54, 1.807) is 6.92 Å². The Labute approximate surface area is 206 Å². The van der Waals surface area contributed by atoms with Crippen molar-refractivity contribution in [2.24, 2.45) is 5.73 Å². The van der Waals surface area contributed by atoms with E-state index >= 15 is 0 Å². The molecule has 1 aromatic carbocycles. The molecule has 2 amide bonds. The number of thiophene rings is 1. The van der Waals surface area contributed by atoms with E-state index in [-0.39, 0.29) is 27.1 Å². The van der Waals surface area contributed by atoms with Crippen LogP contribution in [0.15, 0.2) is 29.4 Å². The number of hydrogen-bond acceptors (Lipinski definition) is 8. The van der Waals surface area contributed by atoms with Crippen molar-refractivity contribution in [3.8, 4) is 11.4 Å². The van der Waals surface area contributed by atoms with Crippen LogP contribution in [0.2, 0.25) is 0 Å². The van der Waals surface area contributed by atoms with Crippen molar-refractivity contribution in [2.75, 3.05) is 18.2 Å². The number of primary amides is 1. The van der Waals surface area contributed by atoms with Crippen molar-refractivity contribution >= 4 is 45.9 Å². The lowest BCUT2D eigenvalue weighted by Crippen LogP contribution is -2.16. The molecule has 0 radical (unpaired) electrons. The number of carbonyl (C=O) groups excluding carboxylic acids is 3. The van der Waals surface area contributed by atoms with Crippen molar-refractivity contribution in [2.45, 2.75) is 45.3 Å². The number of esters is 1. The second-order valence-corrected chi connectivity index (χ2v) is 9.74. The van der Waals surface area contributed by atoms with E-state index in [0.29, 0.717) is 23.2 Å². The molecule has 2 aromatic heterocycles. The third-order valence-electron chi connectivity index (χ3n) is 5.21. The Bertz CT molecular complexity index is 1210. The number of hydrogen-bond donors (Lipinski definition) is 2. The Kier molecular flexibility index (Phi) is 8.11. The highest BCUT2D eigenvalue weighted by atomic mass is 32.2. The first-order chi connectivity index (χ1) is 16.2. The monoisotopic (exact) mass is 501 g/mol. The van der Waals surface area contributed by atoms with Crippen LogP contribution < -0.4 is 11.1 Å². The lowest BCUT2D eigenvalue weighted by molar-refractivity contribution is -0.113. The van der Waals surface area contributed by atoms with E-state index in [1.165, 1.54) is 24.4 Å². The van der Waals surface area contributed by atoms with Gasteiger partial charge < -0.3 is 20.4 Å². The Balaban J connectivity index is 1.75. The molecule has 0 aliphatic heterocycles. The number of anilines is 1. The summed E-state index contributed by atoms with van der Waals surface area (Å²) in [7, 11) is 1.23. The van der Waals surface area contributed by atoms with Crippen molar-refractivity contribution in [1.82, 2.24) is 14.8 Å². The number of methoxy groups -OCH3 is 1. The maximum atomic E-state index is 12.7. The normalized spacial score (nSPS) is 11.0. The van der Waals surface area contributed by atoms with Crippen molar-refractivity contribution in [3.05, 3.63) is 45.8 Å². The van der Waals surface area contributed by atoms with Crippen LogP contribution in [0.1, 0.15) is 57.8 Å².